The smallest absolute Gasteiger partial charge is 0.267 e. The Morgan fingerprint density at radius 2 is 1.93 bits per heavy atom. The maximum atomic E-state index is 11.5. The van der Waals surface area contributed by atoms with Crippen LogP contribution in [-0.2, 0) is 6.42 Å². The van der Waals surface area contributed by atoms with E-state index in [-0.39, 0.29) is 5.91 Å². The molecule has 0 saturated carbocycles. The Labute approximate surface area is 87.3 Å². The van der Waals surface area contributed by atoms with Crippen molar-refractivity contribution < 1.29 is 4.79 Å². The molecule has 15 heavy (non-hydrogen) atoms. The molecule has 1 amide bonds. The minimum absolute atomic E-state index is 0.123. The average molecular weight is 195 g/mol. The molecule has 2 aromatic rings. The van der Waals surface area contributed by atoms with Crippen LogP contribution in [-0.4, -0.2) is 12.1 Å². The molecule has 2 aromatic carbocycles. The Balaban J connectivity index is 2.41. The summed E-state index contributed by atoms with van der Waals surface area (Å²) < 4.78 is 0. The minimum Gasteiger partial charge on any atom is -0.267 e. The summed E-state index contributed by atoms with van der Waals surface area (Å²) in [6.07, 6.45) is 2.44. The summed E-state index contributed by atoms with van der Waals surface area (Å²) >= 11 is 0. The predicted octanol–water partition coefficient (Wildman–Crippen LogP) is 2.61. The zero-order valence-corrected chi connectivity index (χ0v) is 8.10. The molecule has 1 heterocycles. The Hall–Kier alpha value is -1.96. The molecule has 3 rings (SSSR count). The van der Waals surface area contributed by atoms with E-state index in [2.05, 4.69) is 17.1 Å². The van der Waals surface area contributed by atoms with Gasteiger partial charge in [-0.2, -0.15) is 0 Å². The van der Waals surface area contributed by atoms with Crippen LogP contribution >= 0.6 is 0 Å². The zero-order chi connectivity index (χ0) is 10.3. The summed E-state index contributed by atoms with van der Waals surface area (Å²) in [6, 6.07) is 12.0. The zero-order valence-electron chi connectivity index (χ0n) is 8.10. The molecule has 1 aliphatic rings. The largest absolute Gasteiger partial charge is 0.276 e. The fourth-order valence-electron chi connectivity index (χ4n) is 2.05. The fraction of sp³-hybridized carbons (Fsp3) is 0.0769. The quantitative estimate of drug-likeness (QED) is 0.635. The van der Waals surface area contributed by atoms with E-state index in [0.29, 0.717) is 0 Å². The van der Waals surface area contributed by atoms with Crippen molar-refractivity contribution in [2.24, 2.45) is 4.99 Å². The lowest BCUT2D eigenvalue weighted by Crippen LogP contribution is -2.08. The molecule has 0 radical (unpaired) electrons. The van der Waals surface area contributed by atoms with E-state index in [1.54, 1.807) is 6.21 Å². The first kappa shape index (κ1) is 8.36. The van der Waals surface area contributed by atoms with Crippen LogP contribution in [0.25, 0.3) is 10.8 Å². The van der Waals surface area contributed by atoms with Gasteiger partial charge in [0, 0.05) is 18.2 Å². The van der Waals surface area contributed by atoms with Gasteiger partial charge in [0.1, 0.15) is 0 Å². The van der Waals surface area contributed by atoms with Crippen molar-refractivity contribution in [1.29, 1.82) is 0 Å². The number of nitrogens with zero attached hydrogens (tertiary/aromatic N) is 1. The standard InChI is InChI=1S/C13H9NO/c15-13-12-6-5-9-3-1-2-4-10(9)11(12)7-8-14-13/h1-6,8H,7H2. The highest BCUT2D eigenvalue weighted by Gasteiger charge is 2.15. The normalized spacial score (nSPS) is 14.3. The van der Waals surface area contributed by atoms with Crippen molar-refractivity contribution >= 4 is 22.9 Å². The van der Waals surface area contributed by atoms with Gasteiger partial charge in [0.15, 0.2) is 0 Å². The SMILES string of the molecule is O=C1N=CCc2c1ccc1ccccc21. The molecule has 0 aromatic heterocycles. The van der Waals surface area contributed by atoms with Gasteiger partial charge in [-0.3, -0.25) is 4.79 Å². The lowest BCUT2D eigenvalue weighted by Gasteiger charge is -2.11. The Bertz CT molecular complexity index is 584. The maximum Gasteiger partial charge on any atom is 0.276 e. The molecular weight excluding hydrogens is 186 g/mol. The molecule has 0 atom stereocenters. The third kappa shape index (κ3) is 1.18. The van der Waals surface area contributed by atoms with E-state index in [1.165, 1.54) is 5.39 Å². The predicted molar refractivity (Wildman–Crippen MR) is 60.5 cm³/mol. The van der Waals surface area contributed by atoms with E-state index >= 15 is 0 Å². The second kappa shape index (κ2) is 3.02. The van der Waals surface area contributed by atoms with Crippen LogP contribution in [0.4, 0.5) is 0 Å². The molecule has 72 valence electrons. The summed E-state index contributed by atoms with van der Waals surface area (Å²) in [4.78, 5) is 15.3. The molecule has 0 bridgehead atoms. The second-order valence-corrected chi connectivity index (χ2v) is 3.63. The van der Waals surface area contributed by atoms with Gasteiger partial charge in [0.05, 0.1) is 0 Å². The van der Waals surface area contributed by atoms with Crippen molar-refractivity contribution in [3.63, 3.8) is 0 Å². The number of rotatable bonds is 0. The van der Waals surface area contributed by atoms with Crippen LogP contribution < -0.4 is 0 Å². The molecular formula is C13H9NO. The molecule has 2 nitrogen and oxygen atoms in total. The van der Waals surface area contributed by atoms with Crippen molar-refractivity contribution in [2.75, 3.05) is 0 Å². The van der Waals surface area contributed by atoms with Crippen molar-refractivity contribution in [3.05, 3.63) is 47.5 Å². The summed E-state index contributed by atoms with van der Waals surface area (Å²) in [5.74, 6) is -0.123. The first-order valence-electron chi connectivity index (χ1n) is 4.94. The number of benzene rings is 2. The summed E-state index contributed by atoms with van der Waals surface area (Å²) in [6.45, 7) is 0. The third-order valence-electron chi connectivity index (χ3n) is 2.77. The monoisotopic (exact) mass is 195 g/mol. The van der Waals surface area contributed by atoms with E-state index < -0.39 is 0 Å². The van der Waals surface area contributed by atoms with Crippen molar-refractivity contribution in [2.45, 2.75) is 6.42 Å². The average Bonchev–Trinajstić information content (AvgIpc) is 2.29. The van der Waals surface area contributed by atoms with Gasteiger partial charge in [-0.05, 0) is 22.4 Å². The molecule has 0 aliphatic carbocycles. The van der Waals surface area contributed by atoms with Gasteiger partial charge in [0.25, 0.3) is 5.91 Å². The highest BCUT2D eigenvalue weighted by molar-refractivity contribution is 6.07. The summed E-state index contributed by atoms with van der Waals surface area (Å²) in [7, 11) is 0. The second-order valence-electron chi connectivity index (χ2n) is 3.63. The van der Waals surface area contributed by atoms with Crippen LogP contribution in [0.1, 0.15) is 15.9 Å². The Morgan fingerprint density at radius 1 is 1.07 bits per heavy atom. The molecule has 0 unspecified atom stereocenters. The number of aliphatic imine (C=N–C) groups is 1. The number of carbonyl (C=O) groups is 1. The molecule has 2 heteroatoms. The van der Waals surface area contributed by atoms with Gasteiger partial charge in [-0.15, -0.1) is 0 Å². The van der Waals surface area contributed by atoms with Gasteiger partial charge < -0.3 is 0 Å². The highest BCUT2D eigenvalue weighted by atomic mass is 16.1. The molecule has 0 saturated heterocycles. The topological polar surface area (TPSA) is 29.4 Å². The Kier molecular flexibility index (Phi) is 1.68. The van der Waals surface area contributed by atoms with Crippen LogP contribution in [0.3, 0.4) is 0 Å². The first-order valence-corrected chi connectivity index (χ1v) is 4.94. The van der Waals surface area contributed by atoms with E-state index in [1.807, 2.05) is 24.3 Å². The van der Waals surface area contributed by atoms with Gasteiger partial charge in [-0.25, -0.2) is 4.99 Å². The maximum absolute atomic E-state index is 11.5. The first-order chi connectivity index (χ1) is 7.36. The van der Waals surface area contributed by atoms with Crippen LogP contribution in [0.5, 0.6) is 0 Å². The van der Waals surface area contributed by atoms with Crippen molar-refractivity contribution in [3.8, 4) is 0 Å². The number of amides is 1. The molecule has 0 fully saturated rings. The molecule has 1 aliphatic heterocycles. The summed E-state index contributed by atoms with van der Waals surface area (Å²) in [5, 5.41) is 2.34. The molecule has 0 spiro atoms. The van der Waals surface area contributed by atoms with Gasteiger partial charge in [-0.1, -0.05) is 30.3 Å². The van der Waals surface area contributed by atoms with E-state index in [0.717, 1.165) is 22.9 Å². The molecule has 0 N–H and O–H groups in total. The van der Waals surface area contributed by atoms with Crippen molar-refractivity contribution in [1.82, 2.24) is 0 Å². The number of hydrogen-bond donors (Lipinski definition) is 0. The number of fused-ring (bicyclic) bond motifs is 3. The number of carbonyl (C=O) groups excluding carboxylic acids is 1. The Morgan fingerprint density at radius 3 is 2.87 bits per heavy atom. The lowest BCUT2D eigenvalue weighted by molar-refractivity contribution is 0.100. The van der Waals surface area contributed by atoms with Crippen LogP contribution in [0.15, 0.2) is 41.4 Å². The number of hydrogen-bond acceptors (Lipinski definition) is 1. The van der Waals surface area contributed by atoms with Gasteiger partial charge >= 0.3 is 0 Å². The highest BCUT2D eigenvalue weighted by Crippen LogP contribution is 2.24. The van der Waals surface area contributed by atoms with Gasteiger partial charge in [0.2, 0.25) is 0 Å². The fourth-order valence-corrected chi connectivity index (χ4v) is 2.05. The van der Waals surface area contributed by atoms with Crippen LogP contribution in [0.2, 0.25) is 0 Å². The summed E-state index contributed by atoms with van der Waals surface area (Å²) in [5.41, 5.74) is 1.85. The lowest BCUT2D eigenvalue weighted by atomic mass is 9.95. The van der Waals surface area contributed by atoms with E-state index in [4.69, 9.17) is 0 Å². The van der Waals surface area contributed by atoms with Crippen LogP contribution in [0, 0.1) is 0 Å². The minimum atomic E-state index is -0.123. The van der Waals surface area contributed by atoms with E-state index in [9.17, 15) is 4.79 Å². The third-order valence-corrected chi connectivity index (χ3v) is 2.77.